The first kappa shape index (κ1) is 9.92. The monoisotopic (exact) mass is 175 g/mol. The molecule has 1 rings (SSSR count). The molecule has 3 N–H and O–H groups in total. The average Bonchev–Trinajstić information content (AvgIpc) is 2.03. The fraction of sp³-hybridized carbons (Fsp3) is 1.00. The van der Waals surface area contributed by atoms with E-state index in [-0.39, 0.29) is 18.8 Å². The molecule has 4 heteroatoms. The van der Waals surface area contributed by atoms with Gasteiger partial charge >= 0.3 is 0 Å². The normalized spacial score (nSPS) is 32.0. The molecule has 0 aromatic carbocycles. The summed E-state index contributed by atoms with van der Waals surface area (Å²) < 4.78 is 5.44. The van der Waals surface area contributed by atoms with Crippen molar-refractivity contribution in [3.8, 4) is 0 Å². The first-order chi connectivity index (χ1) is 5.54. The van der Waals surface area contributed by atoms with Crippen molar-refractivity contribution >= 4 is 0 Å². The van der Waals surface area contributed by atoms with Crippen molar-refractivity contribution in [1.29, 1.82) is 0 Å². The zero-order valence-electron chi connectivity index (χ0n) is 7.58. The molecule has 0 bridgehead atoms. The first-order valence-electron chi connectivity index (χ1n) is 4.23. The van der Waals surface area contributed by atoms with E-state index in [4.69, 9.17) is 9.84 Å². The van der Waals surface area contributed by atoms with Gasteiger partial charge in [-0.2, -0.15) is 0 Å². The third kappa shape index (κ3) is 2.42. The van der Waals surface area contributed by atoms with Gasteiger partial charge in [0.2, 0.25) is 0 Å². The molecular weight excluding hydrogens is 158 g/mol. The van der Waals surface area contributed by atoms with Crippen LogP contribution in [0.4, 0.5) is 0 Å². The van der Waals surface area contributed by atoms with Crippen LogP contribution in [0, 0.1) is 0 Å². The number of aliphatic hydroxyl groups is 2. The number of hydrogen-bond donors (Lipinski definition) is 3. The van der Waals surface area contributed by atoms with E-state index < -0.39 is 5.60 Å². The summed E-state index contributed by atoms with van der Waals surface area (Å²) in [4.78, 5) is 0. The maximum Gasteiger partial charge on any atom is 0.0985 e. The van der Waals surface area contributed by atoms with Gasteiger partial charge in [0.15, 0.2) is 0 Å². The zero-order chi connectivity index (χ0) is 9.19. The highest BCUT2D eigenvalue weighted by atomic mass is 16.5. The van der Waals surface area contributed by atoms with Crippen molar-refractivity contribution in [2.24, 2.45) is 0 Å². The van der Waals surface area contributed by atoms with Crippen LogP contribution in [0.25, 0.3) is 0 Å². The standard InChI is InChI=1S/C8H17NO3/c1-8(2,11)7-4-9-3-6(5-10)12-7/h6-7,9-11H,3-5H2,1-2H3/t6-,7+/m1/s1. The van der Waals surface area contributed by atoms with Crippen LogP contribution < -0.4 is 5.32 Å². The predicted molar refractivity (Wildman–Crippen MR) is 44.9 cm³/mol. The second-order valence-corrected chi connectivity index (χ2v) is 3.74. The Bertz CT molecular complexity index is 144. The van der Waals surface area contributed by atoms with Crippen molar-refractivity contribution in [2.75, 3.05) is 19.7 Å². The molecule has 2 atom stereocenters. The lowest BCUT2D eigenvalue weighted by molar-refractivity contribution is -0.141. The number of rotatable bonds is 2. The molecule has 0 aromatic rings. The maximum absolute atomic E-state index is 9.61. The minimum atomic E-state index is -0.846. The van der Waals surface area contributed by atoms with Gasteiger partial charge in [0.05, 0.1) is 24.4 Å². The van der Waals surface area contributed by atoms with Crippen molar-refractivity contribution < 1.29 is 14.9 Å². The minimum absolute atomic E-state index is 0.000417. The number of ether oxygens (including phenoxy) is 1. The molecule has 1 fully saturated rings. The van der Waals surface area contributed by atoms with Crippen LogP contribution in [0.2, 0.25) is 0 Å². The highest BCUT2D eigenvalue weighted by Crippen LogP contribution is 2.16. The van der Waals surface area contributed by atoms with Crippen molar-refractivity contribution in [2.45, 2.75) is 31.7 Å². The van der Waals surface area contributed by atoms with Gasteiger partial charge in [-0.3, -0.25) is 0 Å². The summed E-state index contributed by atoms with van der Waals surface area (Å²) >= 11 is 0. The fourth-order valence-corrected chi connectivity index (χ4v) is 1.23. The van der Waals surface area contributed by atoms with E-state index >= 15 is 0 Å². The van der Waals surface area contributed by atoms with Gasteiger partial charge in [0.1, 0.15) is 0 Å². The number of morpholine rings is 1. The lowest BCUT2D eigenvalue weighted by Crippen LogP contribution is -2.54. The van der Waals surface area contributed by atoms with Crippen LogP contribution in [0.1, 0.15) is 13.8 Å². The SMILES string of the molecule is CC(C)(O)[C@@H]1CNC[C@H](CO)O1. The van der Waals surface area contributed by atoms with Crippen molar-refractivity contribution in [3.63, 3.8) is 0 Å². The number of aliphatic hydroxyl groups excluding tert-OH is 1. The molecule has 0 aromatic heterocycles. The molecule has 72 valence electrons. The Balaban J connectivity index is 2.46. The predicted octanol–water partition coefficient (Wildman–Crippen LogP) is -0.893. The lowest BCUT2D eigenvalue weighted by Gasteiger charge is -2.36. The minimum Gasteiger partial charge on any atom is -0.394 e. The molecule has 4 nitrogen and oxygen atoms in total. The summed E-state index contributed by atoms with van der Waals surface area (Å²) in [6, 6.07) is 0. The van der Waals surface area contributed by atoms with E-state index in [1.807, 2.05) is 0 Å². The number of nitrogens with one attached hydrogen (secondary N) is 1. The lowest BCUT2D eigenvalue weighted by atomic mass is 10.0. The zero-order valence-corrected chi connectivity index (χ0v) is 7.58. The molecule has 0 aliphatic carbocycles. The molecule has 12 heavy (non-hydrogen) atoms. The van der Waals surface area contributed by atoms with E-state index in [0.29, 0.717) is 13.1 Å². The summed E-state index contributed by atoms with van der Waals surface area (Å²) in [5.74, 6) is 0. The van der Waals surface area contributed by atoms with Gasteiger partial charge in [-0.1, -0.05) is 0 Å². The fourth-order valence-electron chi connectivity index (χ4n) is 1.23. The smallest absolute Gasteiger partial charge is 0.0985 e. The van der Waals surface area contributed by atoms with Gasteiger partial charge in [0, 0.05) is 13.1 Å². The van der Waals surface area contributed by atoms with Gasteiger partial charge in [0.25, 0.3) is 0 Å². The van der Waals surface area contributed by atoms with Crippen LogP contribution in [0.5, 0.6) is 0 Å². The van der Waals surface area contributed by atoms with Crippen LogP contribution >= 0.6 is 0 Å². The van der Waals surface area contributed by atoms with Crippen LogP contribution in [-0.2, 0) is 4.74 Å². The Morgan fingerprint density at radius 2 is 2.17 bits per heavy atom. The largest absolute Gasteiger partial charge is 0.394 e. The summed E-state index contributed by atoms with van der Waals surface area (Å²) in [6.07, 6.45) is -0.418. The van der Waals surface area contributed by atoms with Crippen LogP contribution in [0.3, 0.4) is 0 Å². The van der Waals surface area contributed by atoms with Crippen molar-refractivity contribution in [1.82, 2.24) is 5.32 Å². The quantitative estimate of drug-likeness (QED) is 0.509. The van der Waals surface area contributed by atoms with E-state index in [1.54, 1.807) is 13.8 Å². The summed E-state index contributed by atoms with van der Waals surface area (Å²) in [6.45, 7) is 4.71. The van der Waals surface area contributed by atoms with E-state index in [2.05, 4.69) is 5.32 Å². The Hall–Kier alpha value is -0.160. The first-order valence-corrected chi connectivity index (χ1v) is 4.23. The molecule has 1 saturated heterocycles. The van der Waals surface area contributed by atoms with E-state index in [1.165, 1.54) is 0 Å². The Kier molecular flexibility index (Phi) is 3.06. The molecule has 1 heterocycles. The Labute approximate surface area is 72.5 Å². The second kappa shape index (κ2) is 3.70. The van der Waals surface area contributed by atoms with Crippen LogP contribution in [-0.4, -0.2) is 47.7 Å². The summed E-state index contributed by atoms with van der Waals surface area (Å²) in [5.41, 5.74) is -0.846. The molecular formula is C8H17NO3. The molecule has 0 spiro atoms. The average molecular weight is 175 g/mol. The van der Waals surface area contributed by atoms with Gasteiger partial charge in [-0.25, -0.2) is 0 Å². The number of hydrogen-bond acceptors (Lipinski definition) is 4. The summed E-state index contributed by atoms with van der Waals surface area (Å²) in [5, 5.41) is 21.5. The van der Waals surface area contributed by atoms with Crippen molar-refractivity contribution in [3.05, 3.63) is 0 Å². The molecule has 0 unspecified atom stereocenters. The van der Waals surface area contributed by atoms with E-state index in [0.717, 1.165) is 0 Å². The second-order valence-electron chi connectivity index (χ2n) is 3.74. The Morgan fingerprint density at radius 1 is 1.50 bits per heavy atom. The Morgan fingerprint density at radius 3 is 2.67 bits per heavy atom. The van der Waals surface area contributed by atoms with Crippen LogP contribution in [0.15, 0.2) is 0 Å². The molecule has 1 aliphatic heterocycles. The third-order valence-electron chi connectivity index (χ3n) is 2.05. The van der Waals surface area contributed by atoms with Gasteiger partial charge < -0.3 is 20.3 Å². The van der Waals surface area contributed by atoms with Gasteiger partial charge in [-0.15, -0.1) is 0 Å². The van der Waals surface area contributed by atoms with E-state index in [9.17, 15) is 5.11 Å². The summed E-state index contributed by atoms with van der Waals surface area (Å²) in [7, 11) is 0. The molecule has 0 amide bonds. The highest BCUT2D eigenvalue weighted by Gasteiger charge is 2.32. The molecule has 1 aliphatic rings. The highest BCUT2D eigenvalue weighted by molar-refractivity contribution is 4.85. The van der Waals surface area contributed by atoms with Gasteiger partial charge in [-0.05, 0) is 13.8 Å². The third-order valence-corrected chi connectivity index (χ3v) is 2.05. The topological polar surface area (TPSA) is 61.7 Å². The molecule has 0 saturated carbocycles. The maximum atomic E-state index is 9.61. The molecule has 0 radical (unpaired) electrons.